The van der Waals surface area contributed by atoms with Crippen LogP contribution < -0.4 is 14.8 Å². The van der Waals surface area contributed by atoms with Crippen LogP contribution >= 0.6 is 0 Å². The molecule has 2 aliphatic heterocycles. The molecule has 1 N–H and O–H groups in total. The average molecular weight is 502 g/mol. The van der Waals surface area contributed by atoms with Gasteiger partial charge in [0.25, 0.3) is 5.92 Å². The first-order valence-corrected chi connectivity index (χ1v) is 11.2. The molecule has 1 aromatic heterocycles. The van der Waals surface area contributed by atoms with Gasteiger partial charge in [0.05, 0.1) is 49.7 Å². The zero-order valence-electron chi connectivity index (χ0n) is 19.2. The molecule has 2 saturated heterocycles. The summed E-state index contributed by atoms with van der Waals surface area (Å²) in [6.07, 6.45) is 5.19. The van der Waals surface area contributed by atoms with E-state index in [1.165, 1.54) is 31.6 Å². The summed E-state index contributed by atoms with van der Waals surface area (Å²) >= 11 is 0. The lowest BCUT2D eigenvalue weighted by Crippen LogP contribution is -2.60. The van der Waals surface area contributed by atoms with E-state index in [4.69, 9.17) is 20.6 Å². The molecule has 0 radical (unpaired) electrons. The van der Waals surface area contributed by atoms with Gasteiger partial charge in [-0.05, 0) is 18.2 Å². The van der Waals surface area contributed by atoms with Gasteiger partial charge in [0.2, 0.25) is 0 Å². The molecule has 11 heteroatoms. The first kappa shape index (κ1) is 24.1. The van der Waals surface area contributed by atoms with Crippen LogP contribution in [0, 0.1) is 24.0 Å². The smallest absolute Gasteiger partial charge is 0.296 e. The van der Waals surface area contributed by atoms with E-state index in [0.717, 1.165) is 6.07 Å². The lowest BCUT2D eigenvalue weighted by atomic mass is 10.0. The number of ether oxygens (including phenoxy) is 3. The number of nitrogens with zero attached hydrogens (tertiary/aromatic N) is 3. The van der Waals surface area contributed by atoms with E-state index in [1.54, 1.807) is 4.90 Å². The lowest BCUT2D eigenvalue weighted by molar-refractivity contribution is -0.170. The van der Waals surface area contributed by atoms with Crippen LogP contribution in [0.25, 0.3) is 10.9 Å². The summed E-state index contributed by atoms with van der Waals surface area (Å²) < 4.78 is 74.8. The fourth-order valence-corrected chi connectivity index (χ4v) is 4.31. The third kappa shape index (κ3) is 4.38. The summed E-state index contributed by atoms with van der Waals surface area (Å²) in [6, 6.07) is 5.19. The number of hydrogen-bond donors (Lipinski definition) is 1. The Bertz CT molecular complexity index is 1340. The number of hydrogen-bond acceptors (Lipinski definition) is 7. The number of methoxy groups -OCH3 is 1. The SMILES string of the molecule is C#Cc1c(F)ccc(Nc2ncnc3cc(OC)c(O[C@@H]4CCN(C5COC5)CC4(F)F)cc23)c1F. The van der Waals surface area contributed by atoms with Crippen molar-refractivity contribution in [1.82, 2.24) is 14.9 Å². The fraction of sp³-hybridized carbons (Fsp3) is 0.360. The van der Waals surface area contributed by atoms with Gasteiger partial charge in [-0.25, -0.2) is 27.5 Å². The normalized spacial score (nSPS) is 19.9. The highest BCUT2D eigenvalue weighted by atomic mass is 19.3. The maximum Gasteiger partial charge on any atom is 0.296 e. The van der Waals surface area contributed by atoms with Gasteiger partial charge in [0.1, 0.15) is 18.0 Å². The van der Waals surface area contributed by atoms with E-state index in [9.17, 15) is 8.78 Å². The Balaban J connectivity index is 1.46. The molecule has 2 aromatic carbocycles. The van der Waals surface area contributed by atoms with Crippen LogP contribution in [-0.4, -0.2) is 66.3 Å². The molecule has 36 heavy (non-hydrogen) atoms. The summed E-state index contributed by atoms with van der Waals surface area (Å²) in [4.78, 5) is 10.0. The molecule has 0 aliphatic carbocycles. The highest BCUT2D eigenvalue weighted by Crippen LogP contribution is 2.39. The Kier molecular flexibility index (Phi) is 6.32. The molecule has 3 heterocycles. The predicted octanol–water partition coefficient (Wildman–Crippen LogP) is 4.13. The summed E-state index contributed by atoms with van der Waals surface area (Å²) in [6.45, 7) is 0.918. The molecular weight excluding hydrogens is 480 g/mol. The van der Waals surface area contributed by atoms with Gasteiger partial charge in [-0.15, -0.1) is 6.42 Å². The first-order valence-electron chi connectivity index (χ1n) is 11.2. The van der Waals surface area contributed by atoms with Crippen molar-refractivity contribution in [1.29, 1.82) is 0 Å². The van der Waals surface area contributed by atoms with E-state index in [1.807, 2.05) is 5.92 Å². The monoisotopic (exact) mass is 502 g/mol. The van der Waals surface area contributed by atoms with Crippen LogP contribution in [0.5, 0.6) is 11.5 Å². The quantitative estimate of drug-likeness (QED) is 0.402. The number of fused-ring (bicyclic) bond motifs is 1. The standard InChI is InChI=1S/C25H22F4N4O3/c1-3-15-17(26)4-5-18(23(15)27)32-24-16-8-21(20(34-2)9-19(16)30-13-31-24)36-22-6-7-33(12-25(22,28)29)14-10-35-11-14/h1,4-5,8-9,13-14,22H,6-7,10-12H2,2H3,(H,30,31,32)/t22-/m1/s1. The minimum atomic E-state index is -3.11. The summed E-state index contributed by atoms with van der Waals surface area (Å²) in [5, 5.41) is 3.13. The molecule has 1 atom stereocenters. The summed E-state index contributed by atoms with van der Waals surface area (Å²) in [5.41, 5.74) is -0.240. The van der Waals surface area contributed by atoms with Crippen LogP contribution in [0.15, 0.2) is 30.6 Å². The highest BCUT2D eigenvalue weighted by Gasteiger charge is 2.48. The second-order valence-electron chi connectivity index (χ2n) is 8.61. The molecule has 7 nitrogen and oxygen atoms in total. The van der Waals surface area contributed by atoms with Gasteiger partial charge < -0.3 is 19.5 Å². The van der Waals surface area contributed by atoms with E-state index < -0.39 is 35.8 Å². The zero-order valence-corrected chi connectivity index (χ0v) is 19.2. The van der Waals surface area contributed by atoms with Gasteiger partial charge in [-0.1, -0.05) is 5.92 Å². The molecule has 0 spiro atoms. The molecule has 0 bridgehead atoms. The molecule has 3 aromatic rings. The third-order valence-electron chi connectivity index (χ3n) is 6.38. The van der Waals surface area contributed by atoms with Gasteiger partial charge in [-0.2, -0.15) is 0 Å². The minimum Gasteiger partial charge on any atom is -0.493 e. The Hall–Kier alpha value is -3.62. The van der Waals surface area contributed by atoms with E-state index in [0.29, 0.717) is 30.7 Å². The largest absolute Gasteiger partial charge is 0.493 e. The molecular formula is C25H22F4N4O3. The van der Waals surface area contributed by atoms with Crippen molar-refractivity contribution < 1.29 is 31.8 Å². The number of terminal acetylenes is 1. The molecule has 188 valence electrons. The van der Waals surface area contributed by atoms with Crippen molar-refractivity contribution >= 4 is 22.4 Å². The summed E-state index contributed by atoms with van der Waals surface area (Å²) in [7, 11) is 1.39. The molecule has 5 rings (SSSR count). The predicted molar refractivity (Wildman–Crippen MR) is 124 cm³/mol. The van der Waals surface area contributed by atoms with Gasteiger partial charge in [0.15, 0.2) is 23.4 Å². The number of benzene rings is 2. The van der Waals surface area contributed by atoms with Crippen LogP contribution in [0.2, 0.25) is 0 Å². The lowest BCUT2D eigenvalue weighted by Gasteiger charge is -2.44. The third-order valence-corrected chi connectivity index (χ3v) is 6.38. The molecule has 0 saturated carbocycles. The van der Waals surface area contributed by atoms with E-state index >= 15 is 8.78 Å². The molecule has 0 amide bonds. The van der Waals surface area contributed by atoms with Gasteiger partial charge in [0, 0.05) is 24.4 Å². The molecule has 2 aliphatic rings. The van der Waals surface area contributed by atoms with Gasteiger partial charge >= 0.3 is 0 Å². The number of piperidine rings is 1. The number of halogens is 4. The number of likely N-dealkylation sites (tertiary alicyclic amines) is 1. The number of anilines is 2. The van der Waals surface area contributed by atoms with Crippen molar-refractivity contribution in [3.63, 3.8) is 0 Å². The van der Waals surface area contributed by atoms with Crippen LogP contribution in [0.4, 0.5) is 29.1 Å². The van der Waals surface area contributed by atoms with Crippen molar-refractivity contribution in [3.8, 4) is 23.8 Å². The zero-order chi connectivity index (χ0) is 25.4. The van der Waals surface area contributed by atoms with Crippen LogP contribution in [-0.2, 0) is 4.74 Å². The minimum absolute atomic E-state index is 0.000319. The second kappa shape index (κ2) is 9.44. The Morgan fingerprint density at radius 2 is 2.00 bits per heavy atom. The Labute approximate surface area is 204 Å². The highest BCUT2D eigenvalue weighted by molar-refractivity contribution is 5.93. The Morgan fingerprint density at radius 1 is 1.19 bits per heavy atom. The number of aromatic nitrogens is 2. The number of alkyl halides is 2. The van der Waals surface area contributed by atoms with Crippen molar-refractivity contribution in [3.05, 3.63) is 47.8 Å². The maximum absolute atomic E-state index is 15.0. The maximum atomic E-state index is 15.0. The van der Waals surface area contributed by atoms with Crippen molar-refractivity contribution in [2.24, 2.45) is 0 Å². The first-order chi connectivity index (χ1) is 17.3. The average Bonchev–Trinajstić information content (AvgIpc) is 2.81. The molecule has 0 unspecified atom stereocenters. The van der Waals surface area contributed by atoms with Crippen molar-refractivity contribution in [2.75, 3.05) is 38.7 Å². The number of rotatable bonds is 6. The topological polar surface area (TPSA) is 68.7 Å². The van der Waals surface area contributed by atoms with Crippen molar-refractivity contribution in [2.45, 2.75) is 24.5 Å². The van der Waals surface area contributed by atoms with Gasteiger partial charge in [-0.3, -0.25) is 4.90 Å². The van der Waals surface area contributed by atoms with E-state index in [2.05, 4.69) is 15.3 Å². The van der Waals surface area contributed by atoms with Crippen LogP contribution in [0.1, 0.15) is 12.0 Å². The Morgan fingerprint density at radius 3 is 2.67 bits per heavy atom. The number of nitrogens with one attached hydrogen (secondary N) is 1. The fourth-order valence-electron chi connectivity index (χ4n) is 4.31. The van der Waals surface area contributed by atoms with Crippen LogP contribution in [0.3, 0.4) is 0 Å². The van der Waals surface area contributed by atoms with E-state index in [-0.39, 0.29) is 35.5 Å². The molecule has 2 fully saturated rings. The summed E-state index contributed by atoms with van der Waals surface area (Å²) in [5.74, 6) is -2.53. The second-order valence-corrected chi connectivity index (χ2v) is 8.61.